The minimum atomic E-state index is 0.0207. The number of rotatable bonds is 7. The van der Waals surface area contributed by atoms with Crippen LogP contribution in [0.25, 0.3) is 11.3 Å². The van der Waals surface area contributed by atoms with Crippen LogP contribution in [0.3, 0.4) is 0 Å². The molecule has 0 spiro atoms. The molecule has 2 N–H and O–H groups in total. The largest absolute Gasteiger partial charge is 0.389 e. The summed E-state index contributed by atoms with van der Waals surface area (Å²) < 4.78 is 0. The van der Waals surface area contributed by atoms with E-state index < -0.39 is 0 Å². The molecule has 19 heavy (non-hydrogen) atoms. The number of aromatic nitrogens is 1. The molecule has 0 radical (unpaired) electrons. The first kappa shape index (κ1) is 14.2. The lowest BCUT2D eigenvalue weighted by molar-refractivity contribution is 0.281. The van der Waals surface area contributed by atoms with Crippen molar-refractivity contribution in [3.05, 3.63) is 40.2 Å². The van der Waals surface area contributed by atoms with Gasteiger partial charge in [-0.1, -0.05) is 37.3 Å². The van der Waals surface area contributed by atoms with E-state index in [0.717, 1.165) is 42.2 Å². The molecule has 0 aliphatic rings. The summed E-state index contributed by atoms with van der Waals surface area (Å²) in [5.74, 6) is 0. The molecule has 102 valence electrons. The average molecular weight is 276 g/mol. The molecule has 0 saturated heterocycles. The van der Waals surface area contributed by atoms with E-state index in [2.05, 4.69) is 29.4 Å². The molecule has 3 nitrogen and oxygen atoms in total. The fourth-order valence-corrected chi connectivity index (χ4v) is 2.91. The first-order valence-electron chi connectivity index (χ1n) is 6.70. The second kappa shape index (κ2) is 7.38. The second-order valence-electron chi connectivity index (χ2n) is 4.40. The van der Waals surface area contributed by atoms with Crippen molar-refractivity contribution in [2.45, 2.75) is 26.4 Å². The molecule has 2 rings (SSSR count). The van der Waals surface area contributed by atoms with Crippen molar-refractivity contribution in [1.82, 2.24) is 10.3 Å². The number of nitrogens with one attached hydrogen (secondary N) is 1. The van der Waals surface area contributed by atoms with E-state index >= 15 is 0 Å². The normalized spacial score (nSPS) is 10.8. The van der Waals surface area contributed by atoms with Crippen molar-refractivity contribution in [3.63, 3.8) is 0 Å². The van der Waals surface area contributed by atoms with Crippen LogP contribution in [0.1, 0.15) is 23.2 Å². The van der Waals surface area contributed by atoms with Crippen LogP contribution in [0.2, 0.25) is 0 Å². The maximum Gasteiger partial charge on any atom is 0.119 e. The fourth-order valence-electron chi connectivity index (χ4n) is 1.96. The zero-order valence-electron chi connectivity index (χ0n) is 11.2. The maximum absolute atomic E-state index is 9.26. The van der Waals surface area contributed by atoms with Crippen LogP contribution in [0.15, 0.2) is 30.3 Å². The molecule has 0 bridgehead atoms. The molecule has 0 atom stereocenters. The molecular formula is C15H20N2OS. The van der Waals surface area contributed by atoms with Crippen molar-refractivity contribution in [1.29, 1.82) is 0 Å². The van der Waals surface area contributed by atoms with Gasteiger partial charge < -0.3 is 10.4 Å². The van der Waals surface area contributed by atoms with Gasteiger partial charge in [-0.25, -0.2) is 4.98 Å². The van der Waals surface area contributed by atoms with Gasteiger partial charge in [0, 0.05) is 17.0 Å². The standard InChI is InChI=1S/C15H20N2OS/c1-2-9-16-10-8-13-15(17-14(11-18)19-13)12-6-4-3-5-7-12/h3-7,16,18H,2,8-11H2,1H3. The van der Waals surface area contributed by atoms with Crippen LogP contribution in [0.4, 0.5) is 0 Å². The lowest BCUT2D eigenvalue weighted by atomic mass is 10.1. The van der Waals surface area contributed by atoms with Gasteiger partial charge in [0.05, 0.1) is 12.3 Å². The predicted octanol–water partition coefficient (Wildman–Crippen LogP) is 2.84. The molecule has 0 fully saturated rings. The van der Waals surface area contributed by atoms with Gasteiger partial charge in [0.15, 0.2) is 0 Å². The monoisotopic (exact) mass is 276 g/mol. The van der Waals surface area contributed by atoms with Crippen LogP contribution in [0, 0.1) is 0 Å². The van der Waals surface area contributed by atoms with Gasteiger partial charge in [0.25, 0.3) is 0 Å². The van der Waals surface area contributed by atoms with Crippen molar-refractivity contribution >= 4 is 11.3 Å². The highest BCUT2D eigenvalue weighted by atomic mass is 32.1. The number of aliphatic hydroxyl groups excluding tert-OH is 1. The minimum Gasteiger partial charge on any atom is -0.389 e. The molecule has 2 aromatic rings. The Morgan fingerprint density at radius 3 is 2.68 bits per heavy atom. The number of aliphatic hydroxyl groups is 1. The average Bonchev–Trinajstić information content (AvgIpc) is 2.88. The first-order valence-corrected chi connectivity index (χ1v) is 7.52. The van der Waals surface area contributed by atoms with E-state index in [1.807, 2.05) is 18.2 Å². The summed E-state index contributed by atoms with van der Waals surface area (Å²) in [6.07, 6.45) is 2.11. The fraction of sp³-hybridized carbons (Fsp3) is 0.400. The molecule has 0 unspecified atom stereocenters. The second-order valence-corrected chi connectivity index (χ2v) is 5.57. The van der Waals surface area contributed by atoms with Gasteiger partial charge in [-0.05, 0) is 19.4 Å². The van der Waals surface area contributed by atoms with E-state index in [-0.39, 0.29) is 6.61 Å². The molecule has 0 saturated carbocycles. The summed E-state index contributed by atoms with van der Waals surface area (Å²) in [5.41, 5.74) is 2.15. The highest BCUT2D eigenvalue weighted by Gasteiger charge is 2.12. The highest BCUT2D eigenvalue weighted by Crippen LogP contribution is 2.28. The first-order chi connectivity index (χ1) is 9.35. The van der Waals surface area contributed by atoms with E-state index in [4.69, 9.17) is 0 Å². The Kier molecular flexibility index (Phi) is 5.51. The third-order valence-electron chi connectivity index (χ3n) is 2.88. The summed E-state index contributed by atoms with van der Waals surface area (Å²) >= 11 is 1.61. The number of nitrogens with zero attached hydrogens (tertiary/aromatic N) is 1. The molecule has 1 heterocycles. The van der Waals surface area contributed by atoms with Crippen molar-refractivity contribution in [3.8, 4) is 11.3 Å². The summed E-state index contributed by atoms with van der Waals surface area (Å²) in [5, 5.41) is 13.5. The number of hydrogen-bond donors (Lipinski definition) is 2. The summed E-state index contributed by atoms with van der Waals surface area (Å²) in [7, 11) is 0. The van der Waals surface area contributed by atoms with Crippen molar-refractivity contribution in [2.75, 3.05) is 13.1 Å². The third-order valence-corrected chi connectivity index (χ3v) is 3.98. The van der Waals surface area contributed by atoms with Gasteiger partial charge in [-0.3, -0.25) is 0 Å². The molecule has 0 amide bonds. The lowest BCUT2D eigenvalue weighted by Gasteiger charge is -2.03. The molecular weight excluding hydrogens is 256 g/mol. The third kappa shape index (κ3) is 3.86. The summed E-state index contributed by atoms with van der Waals surface area (Å²) in [6, 6.07) is 10.2. The van der Waals surface area contributed by atoms with Crippen LogP contribution in [0.5, 0.6) is 0 Å². The predicted molar refractivity (Wildman–Crippen MR) is 80.3 cm³/mol. The van der Waals surface area contributed by atoms with Gasteiger partial charge in [0.2, 0.25) is 0 Å². The van der Waals surface area contributed by atoms with Gasteiger partial charge in [0.1, 0.15) is 5.01 Å². The molecule has 0 aliphatic carbocycles. The Labute approximate surface area is 118 Å². The van der Waals surface area contributed by atoms with E-state index in [1.165, 1.54) is 4.88 Å². The molecule has 4 heteroatoms. The molecule has 0 aliphatic heterocycles. The quantitative estimate of drug-likeness (QED) is 0.764. The molecule has 1 aromatic carbocycles. The highest BCUT2D eigenvalue weighted by molar-refractivity contribution is 7.12. The van der Waals surface area contributed by atoms with E-state index in [0.29, 0.717) is 0 Å². The van der Waals surface area contributed by atoms with Crippen molar-refractivity contribution < 1.29 is 5.11 Å². The Bertz CT molecular complexity index is 496. The van der Waals surface area contributed by atoms with Gasteiger partial charge in [-0.15, -0.1) is 11.3 Å². The lowest BCUT2D eigenvalue weighted by Crippen LogP contribution is -2.17. The topological polar surface area (TPSA) is 45.1 Å². The van der Waals surface area contributed by atoms with Crippen LogP contribution >= 0.6 is 11.3 Å². The Morgan fingerprint density at radius 2 is 2.00 bits per heavy atom. The Morgan fingerprint density at radius 1 is 1.21 bits per heavy atom. The van der Waals surface area contributed by atoms with Crippen LogP contribution in [-0.4, -0.2) is 23.2 Å². The number of benzene rings is 1. The zero-order valence-corrected chi connectivity index (χ0v) is 12.0. The number of thiazole rings is 1. The van der Waals surface area contributed by atoms with Crippen LogP contribution in [-0.2, 0) is 13.0 Å². The van der Waals surface area contributed by atoms with E-state index in [9.17, 15) is 5.11 Å². The minimum absolute atomic E-state index is 0.0207. The molecule has 1 aromatic heterocycles. The Balaban J connectivity index is 2.15. The van der Waals surface area contributed by atoms with E-state index in [1.54, 1.807) is 11.3 Å². The van der Waals surface area contributed by atoms with Gasteiger partial charge >= 0.3 is 0 Å². The summed E-state index contributed by atoms with van der Waals surface area (Å²) in [4.78, 5) is 5.79. The Hall–Kier alpha value is -1.23. The van der Waals surface area contributed by atoms with Gasteiger partial charge in [-0.2, -0.15) is 0 Å². The van der Waals surface area contributed by atoms with Crippen LogP contribution < -0.4 is 5.32 Å². The number of hydrogen-bond acceptors (Lipinski definition) is 4. The zero-order chi connectivity index (χ0) is 13.5. The van der Waals surface area contributed by atoms with Crippen molar-refractivity contribution in [2.24, 2.45) is 0 Å². The maximum atomic E-state index is 9.26. The summed E-state index contributed by atoms with van der Waals surface area (Å²) in [6.45, 7) is 4.19. The SMILES string of the molecule is CCCNCCc1sc(CO)nc1-c1ccccc1. The smallest absolute Gasteiger partial charge is 0.119 e.